The minimum atomic E-state index is -0.119. The van der Waals surface area contributed by atoms with E-state index in [1.54, 1.807) is 0 Å². The summed E-state index contributed by atoms with van der Waals surface area (Å²) in [5.41, 5.74) is 2.90. The largest absolute Gasteiger partial charge is 0.507 e. The molecule has 2 saturated heterocycles. The van der Waals surface area contributed by atoms with Crippen LogP contribution in [0.5, 0.6) is 5.75 Å². The van der Waals surface area contributed by atoms with Gasteiger partial charge in [-0.2, -0.15) is 0 Å². The Morgan fingerprint density at radius 1 is 1.07 bits per heavy atom. The number of rotatable bonds is 2. The van der Waals surface area contributed by atoms with Crippen molar-refractivity contribution in [2.75, 3.05) is 6.54 Å². The predicted molar refractivity (Wildman–Crippen MR) is 118 cm³/mol. The molecule has 0 bridgehead atoms. The van der Waals surface area contributed by atoms with Gasteiger partial charge in [-0.05, 0) is 79.5 Å². The second kappa shape index (κ2) is 7.30. The Kier molecular flexibility index (Phi) is 5.21. The van der Waals surface area contributed by atoms with E-state index >= 15 is 0 Å². The van der Waals surface area contributed by atoms with Gasteiger partial charge in [-0.3, -0.25) is 9.69 Å². The number of aromatic hydroxyl groups is 1. The number of phenolic OH excluding ortho intramolecular Hbond substituents is 1. The molecule has 2 N–H and O–H groups in total. The molecule has 1 aromatic rings. The van der Waals surface area contributed by atoms with Crippen molar-refractivity contribution in [3.63, 3.8) is 0 Å². The molecule has 1 aliphatic carbocycles. The minimum Gasteiger partial charge on any atom is -0.507 e. The van der Waals surface area contributed by atoms with Crippen LogP contribution in [0.4, 0.5) is 0 Å². The standard InChI is InChI=1S/C25H38N2O2/c1-16-7-6-8-18-13-17(9-12-27(16)18)26-23(29)19-14-20-21(15-22(19)28)25(4,5)11-10-24(20,2)3/h14-18,28H,6-13H2,1-5H3,(H,26,29)/t16-,17+,18-/m1/s1. The van der Waals surface area contributed by atoms with Crippen LogP contribution >= 0.6 is 0 Å². The van der Waals surface area contributed by atoms with Gasteiger partial charge in [-0.15, -0.1) is 0 Å². The highest BCUT2D eigenvalue weighted by molar-refractivity contribution is 5.97. The number of amides is 1. The molecule has 3 aliphatic rings. The van der Waals surface area contributed by atoms with Crippen LogP contribution in [0, 0.1) is 0 Å². The number of phenols is 1. The summed E-state index contributed by atoms with van der Waals surface area (Å²) in [6.45, 7) is 12.4. The van der Waals surface area contributed by atoms with Gasteiger partial charge in [-0.25, -0.2) is 0 Å². The van der Waals surface area contributed by atoms with Crippen molar-refractivity contribution in [3.05, 3.63) is 28.8 Å². The Labute approximate surface area is 176 Å². The van der Waals surface area contributed by atoms with Gasteiger partial charge in [0, 0.05) is 24.7 Å². The van der Waals surface area contributed by atoms with Gasteiger partial charge in [0.2, 0.25) is 0 Å². The van der Waals surface area contributed by atoms with Crippen molar-refractivity contribution in [1.82, 2.24) is 10.2 Å². The molecule has 2 aliphatic heterocycles. The van der Waals surface area contributed by atoms with Gasteiger partial charge in [0.15, 0.2) is 0 Å². The van der Waals surface area contributed by atoms with Crippen LogP contribution in [0.15, 0.2) is 12.1 Å². The molecule has 0 aromatic heterocycles. The first kappa shape index (κ1) is 20.7. The number of nitrogens with zero attached hydrogens (tertiary/aromatic N) is 1. The van der Waals surface area contributed by atoms with Crippen LogP contribution in [0.1, 0.15) is 101 Å². The third-order valence-corrected chi connectivity index (χ3v) is 8.04. The maximum atomic E-state index is 13.1. The van der Waals surface area contributed by atoms with E-state index in [0.29, 0.717) is 17.6 Å². The molecule has 4 heteroatoms. The number of hydrogen-bond donors (Lipinski definition) is 2. The summed E-state index contributed by atoms with van der Waals surface area (Å²) in [6.07, 6.45) is 8.04. The zero-order valence-electron chi connectivity index (χ0n) is 18.8. The molecule has 4 rings (SSSR count). The van der Waals surface area contributed by atoms with Gasteiger partial charge in [0.1, 0.15) is 5.75 Å². The van der Waals surface area contributed by atoms with E-state index in [2.05, 4.69) is 44.8 Å². The lowest BCUT2D eigenvalue weighted by atomic mass is 9.63. The Bertz CT molecular complexity index is 798. The molecule has 0 unspecified atom stereocenters. The summed E-state index contributed by atoms with van der Waals surface area (Å²) in [5, 5.41) is 14.0. The molecule has 29 heavy (non-hydrogen) atoms. The lowest BCUT2D eigenvalue weighted by molar-refractivity contribution is 0.0457. The first-order valence-corrected chi connectivity index (χ1v) is 11.5. The fraction of sp³-hybridized carbons (Fsp3) is 0.720. The van der Waals surface area contributed by atoms with Crippen LogP contribution in [0.3, 0.4) is 0 Å². The maximum Gasteiger partial charge on any atom is 0.255 e. The fourth-order valence-electron chi connectivity index (χ4n) is 5.93. The van der Waals surface area contributed by atoms with Crippen molar-refractivity contribution >= 4 is 5.91 Å². The highest BCUT2D eigenvalue weighted by Crippen LogP contribution is 2.47. The summed E-state index contributed by atoms with van der Waals surface area (Å²) in [6, 6.07) is 5.29. The van der Waals surface area contributed by atoms with Crippen LogP contribution in [0.2, 0.25) is 0 Å². The van der Waals surface area contributed by atoms with Gasteiger partial charge in [0.25, 0.3) is 5.91 Å². The Hall–Kier alpha value is -1.55. The third kappa shape index (κ3) is 3.81. The van der Waals surface area contributed by atoms with Crippen LogP contribution in [-0.2, 0) is 10.8 Å². The summed E-state index contributed by atoms with van der Waals surface area (Å²) >= 11 is 0. The normalized spacial score (nSPS) is 30.9. The lowest BCUT2D eigenvalue weighted by Gasteiger charge is -2.46. The number of carbonyl (C=O) groups is 1. The summed E-state index contributed by atoms with van der Waals surface area (Å²) in [5.74, 6) is 0.00235. The van der Waals surface area contributed by atoms with Crippen LogP contribution in [0.25, 0.3) is 0 Å². The highest BCUT2D eigenvalue weighted by atomic mass is 16.3. The number of piperidine rings is 2. The molecular formula is C25H38N2O2. The van der Waals surface area contributed by atoms with Crippen molar-refractivity contribution in [1.29, 1.82) is 0 Å². The second-order valence-corrected chi connectivity index (χ2v) is 11.0. The van der Waals surface area contributed by atoms with Crippen LogP contribution in [-0.4, -0.2) is 40.6 Å². The zero-order chi connectivity index (χ0) is 21.0. The minimum absolute atomic E-state index is 0.0250. The summed E-state index contributed by atoms with van der Waals surface area (Å²) in [7, 11) is 0. The first-order chi connectivity index (χ1) is 13.6. The van der Waals surface area contributed by atoms with E-state index in [1.807, 2.05) is 12.1 Å². The quantitative estimate of drug-likeness (QED) is 0.747. The predicted octanol–water partition coefficient (Wildman–Crippen LogP) is 4.88. The van der Waals surface area contributed by atoms with Crippen molar-refractivity contribution < 1.29 is 9.90 Å². The fourth-order valence-corrected chi connectivity index (χ4v) is 5.93. The number of fused-ring (bicyclic) bond motifs is 2. The summed E-state index contributed by atoms with van der Waals surface area (Å²) < 4.78 is 0. The smallest absolute Gasteiger partial charge is 0.255 e. The second-order valence-electron chi connectivity index (χ2n) is 11.0. The molecule has 160 valence electrons. The molecule has 0 saturated carbocycles. The highest BCUT2D eigenvalue weighted by Gasteiger charge is 2.39. The summed E-state index contributed by atoms with van der Waals surface area (Å²) in [4.78, 5) is 15.8. The molecule has 0 spiro atoms. The van der Waals surface area contributed by atoms with Crippen molar-refractivity contribution in [2.24, 2.45) is 0 Å². The van der Waals surface area contributed by atoms with Gasteiger partial charge in [-0.1, -0.05) is 34.1 Å². The van der Waals surface area contributed by atoms with Gasteiger partial charge in [0.05, 0.1) is 5.56 Å². The maximum absolute atomic E-state index is 13.1. The average molecular weight is 399 g/mol. The number of carbonyl (C=O) groups excluding carboxylic acids is 1. The number of nitrogens with one attached hydrogen (secondary N) is 1. The van der Waals surface area contributed by atoms with Gasteiger partial charge < -0.3 is 10.4 Å². The zero-order valence-corrected chi connectivity index (χ0v) is 18.8. The van der Waals surface area contributed by atoms with E-state index in [0.717, 1.165) is 32.2 Å². The molecule has 4 nitrogen and oxygen atoms in total. The molecular weight excluding hydrogens is 360 g/mol. The van der Waals surface area contributed by atoms with E-state index in [1.165, 1.54) is 30.4 Å². The first-order valence-electron chi connectivity index (χ1n) is 11.5. The molecule has 2 heterocycles. The Balaban J connectivity index is 1.54. The molecule has 2 fully saturated rings. The van der Waals surface area contributed by atoms with E-state index < -0.39 is 0 Å². The molecule has 0 radical (unpaired) electrons. The van der Waals surface area contributed by atoms with E-state index in [9.17, 15) is 9.90 Å². The average Bonchev–Trinajstić information content (AvgIpc) is 2.65. The SMILES string of the molecule is C[C@@H]1CCC[C@@H]2C[C@@H](NC(=O)c3cc4c(cc3O)C(C)(C)CCC4(C)C)CCN21. The van der Waals surface area contributed by atoms with Crippen molar-refractivity contribution in [2.45, 2.75) is 109 Å². The topological polar surface area (TPSA) is 52.6 Å². The number of hydrogen-bond acceptors (Lipinski definition) is 3. The molecule has 1 amide bonds. The van der Waals surface area contributed by atoms with Gasteiger partial charge >= 0.3 is 0 Å². The van der Waals surface area contributed by atoms with Crippen molar-refractivity contribution in [3.8, 4) is 5.75 Å². The Morgan fingerprint density at radius 2 is 1.72 bits per heavy atom. The van der Waals surface area contributed by atoms with E-state index in [-0.39, 0.29) is 28.5 Å². The third-order valence-electron chi connectivity index (χ3n) is 8.04. The van der Waals surface area contributed by atoms with Crippen LogP contribution < -0.4 is 5.32 Å². The monoisotopic (exact) mass is 398 g/mol. The molecule has 1 aromatic carbocycles. The van der Waals surface area contributed by atoms with E-state index in [4.69, 9.17) is 0 Å². The number of benzene rings is 1. The lowest BCUT2D eigenvalue weighted by Crippen LogP contribution is -2.54. The molecule has 3 atom stereocenters. The Morgan fingerprint density at radius 3 is 2.41 bits per heavy atom.